The smallest absolute Gasteiger partial charge is 0.256 e. The molecule has 2 aromatic carbocycles. The second-order valence-electron chi connectivity index (χ2n) is 6.37. The van der Waals surface area contributed by atoms with Gasteiger partial charge in [0.2, 0.25) is 0 Å². The van der Waals surface area contributed by atoms with E-state index in [4.69, 9.17) is 4.74 Å². The fraction of sp³-hybridized carbons (Fsp3) is 0.182. The van der Waals surface area contributed by atoms with Crippen molar-refractivity contribution in [1.82, 2.24) is 9.88 Å². The highest BCUT2D eigenvalue weighted by molar-refractivity contribution is 5.94. The topological polar surface area (TPSA) is 42.4 Å². The number of nitrogens with zero attached hydrogens (tertiary/aromatic N) is 2. The van der Waals surface area contributed by atoms with Gasteiger partial charge in [0.05, 0.1) is 18.7 Å². The van der Waals surface area contributed by atoms with Crippen LogP contribution in [-0.2, 0) is 6.42 Å². The molecule has 0 N–H and O–H groups in total. The summed E-state index contributed by atoms with van der Waals surface area (Å²) < 4.78 is 5.38. The Balaban J connectivity index is 1.80. The van der Waals surface area contributed by atoms with E-state index in [9.17, 15) is 4.79 Å². The van der Waals surface area contributed by atoms with Crippen LogP contribution in [0.5, 0.6) is 5.75 Å². The maximum absolute atomic E-state index is 13.2. The number of hydrogen-bond acceptors (Lipinski definition) is 3. The normalized spacial score (nSPS) is 16.0. The summed E-state index contributed by atoms with van der Waals surface area (Å²) in [5, 5.41) is 0. The predicted octanol–water partition coefficient (Wildman–Crippen LogP) is 3.88. The van der Waals surface area contributed by atoms with Crippen molar-refractivity contribution in [3.63, 3.8) is 0 Å². The van der Waals surface area contributed by atoms with Crippen molar-refractivity contribution in [1.29, 1.82) is 0 Å². The van der Waals surface area contributed by atoms with Crippen LogP contribution < -0.4 is 4.74 Å². The molecule has 1 aliphatic rings. The van der Waals surface area contributed by atoms with Crippen LogP contribution in [-0.4, -0.2) is 29.4 Å². The molecule has 0 saturated heterocycles. The van der Waals surface area contributed by atoms with Gasteiger partial charge in [-0.3, -0.25) is 9.78 Å². The largest absolute Gasteiger partial charge is 0.497 e. The van der Waals surface area contributed by atoms with Crippen LogP contribution in [0, 0.1) is 0 Å². The lowest BCUT2D eigenvalue weighted by atomic mass is 9.87. The van der Waals surface area contributed by atoms with Gasteiger partial charge in [-0.1, -0.05) is 36.4 Å². The van der Waals surface area contributed by atoms with Crippen molar-refractivity contribution < 1.29 is 9.53 Å². The summed E-state index contributed by atoms with van der Waals surface area (Å²) in [5.74, 6) is 0.857. The first-order valence-electron chi connectivity index (χ1n) is 8.70. The second kappa shape index (κ2) is 7.00. The number of fused-ring (bicyclic) bond motifs is 1. The third-order valence-electron chi connectivity index (χ3n) is 4.86. The van der Waals surface area contributed by atoms with Crippen LogP contribution in [0.3, 0.4) is 0 Å². The first kappa shape index (κ1) is 16.3. The molecule has 1 atom stereocenters. The standard InChI is InChI=1S/C22H20N2O2/c1-26-19-9-10-20-17(14-19)11-13-24(21(20)16-6-3-2-4-7-16)22(25)18-8-5-12-23-15-18/h2-10,12,14-15,21H,11,13H2,1H3. The van der Waals surface area contributed by atoms with Crippen molar-refractivity contribution in [2.45, 2.75) is 12.5 Å². The number of methoxy groups -OCH3 is 1. The Labute approximate surface area is 153 Å². The number of amides is 1. The quantitative estimate of drug-likeness (QED) is 0.724. The molecule has 1 aliphatic heterocycles. The van der Waals surface area contributed by atoms with Gasteiger partial charge in [0.15, 0.2) is 0 Å². The average Bonchev–Trinajstić information content (AvgIpc) is 2.73. The van der Waals surface area contributed by atoms with Crippen molar-refractivity contribution in [2.24, 2.45) is 0 Å². The molecule has 0 aliphatic carbocycles. The number of ether oxygens (including phenoxy) is 1. The molecule has 26 heavy (non-hydrogen) atoms. The van der Waals surface area contributed by atoms with E-state index < -0.39 is 0 Å². The van der Waals surface area contributed by atoms with Crippen molar-refractivity contribution in [2.75, 3.05) is 13.7 Å². The van der Waals surface area contributed by atoms with Crippen LogP contribution in [0.4, 0.5) is 0 Å². The van der Waals surface area contributed by atoms with Crippen LogP contribution in [0.2, 0.25) is 0 Å². The molecular formula is C22H20N2O2. The zero-order valence-corrected chi connectivity index (χ0v) is 14.6. The summed E-state index contributed by atoms with van der Waals surface area (Å²) in [4.78, 5) is 19.2. The zero-order valence-electron chi connectivity index (χ0n) is 14.6. The number of hydrogen-bond donors (Lipinski definition) is 0. The van der Waals surface area contributed by atoms with Gasteiger partial charge in [-0.05, 0) is 47.4 Å². The third kappa shape index (κ3) is 2.94. The Morgan fingerprint density at radius 1 is 1.12 bits per heavy atom. The zero-order chi connectivity index (χ0) is 17.9. The minimum Gasteiger partial charge on any atom is -0.497 e. The minimum absolute atomic E-state index is 0.00780. The number of pyridine rings is 1. The lowest BCUT2D eigenvalue weighted by Gasteiger charge is -2.38. The molecule has 1 unspecified atom stereocenters. The molecular weight excluding hydrogens is 324 g/mol. The van der Waals surface area contributed by atoms with Crippen molar-refractivity contribution in [3.05, 3.63) is 95.3 Å². The van der Waals surface area contributed by atoms with Crippen molar-refractivity contribution in [3.8, 4) is 5.75 Å². The van der Waals surface area contributed by atoms with E-state index >= 15 is 0 Å². The Hall–Kier alpha value is -3.14. The fourth-order valence-electron chi connectivity index (χ4n) is 3.60. The summed E-state index contributed by atoms with van der Waals surface area (Å²) in [6.07, 6.45) is 4.12. The SMILES string of the molecule is COc1ccc2c(c1)CCN(C(=O)c1cccnc1)C2c1ccccc1. The van der Waals surface area contributed by atoms with Gasteiger partial charge in [-0.2, -0.15) is 0 Å². The molecule has 0 spiro atoms. The van der Waals surface area contributed by atoms with E-state index in [2.05, 4.69) is 29.2 Å². The molecule has 4 heteroatoms. The second-order valence-corrected chi connectivity index (χ2v) is 6.37. The van der Waals surface area contributed by atoms with Gasteiger partial charge >= 0.3 is 0 Å². The van der Waals surface area contributed by atoms with Gasteiger partial charge in [-0.25, -0.2) is 0 Å². The highest BCUT2D eigenvalue weighted by Gasteiger charge is 2.32. The monoisotopic (exact) mass is 344 g/mol. The van der Waals surface area contributed by atoms with Gasteiger partial charge in [0, 0.05) is 18.9 Å². The molecule has 130 valence electrons. The summed E-state index contributed by atoms with van der Waals surface area (Å²) in [5.41, 5.74) is 4.11. The first-order chi connectivity index (χ1) is 12.8. The number of benzene rings is 2. The Morgan fingerprint density at radius 3 is 2.69 bits per heavy atom. The highest BCUT2D eigenvalue weighted by Crippen LogP contribution is 2.37. The molecule has 0 fully saturated rings. The van der Waals surface area contributed by atoms with Crippen LogP contribution in [0.15, 0.2) is 73.1 Å². The Morgan fingerprint density at radius 2 is 1.96 bits per heavy atom. The molecule has 2 heterocycles. The highest BCUT2D eigenvalue weighted by atomic mass is 16.5. The lowest BCUT2D eigenvalue weighted by Crippen LogP contribution is -2.40. The lowest BCUT2D eigenvalue weighted by molar-refractivity contribution is 0.0694. The summed E-state index contributed by atoms with van der Waals surface area (Å²) in [7, 11) is 1.68. The summed E-state index contributed by atoms with van der Waals surface area (Å²) in [6.45, 7) is 0.660. The van der Waals surface area contributed by atoms with Crippen LogP contribution in [0.25, 0.3) is 0 Å². The first-order valence-corrected chi connectivity index (χ1v) is 8.70. The molecule has 4 nitrogen and oxygen atoms in total. The van der Waals surface area contributed by atoms with Gasteiger partial charge < -0.3 is 9.64 Å². The molecule has 1 aromatic heterocycles. The van der Waals surface area contributed by atoms with Gasteiger partial charge in [-0.15, -0.1) is 0 Å². The number of rotatable bonds is 3. The maximum Gasteiger partial charge on any atom is 0.256 e. The molecule has 0 saturated carbocycles. The number of aromatic nitrogens is 1. The predicted molar refractivity (Wildman–Crippen MR) is 100 cm³/mol. The average molecular weight is 344 g/mol. The number of carbonyl (C=O) groups excluding carboxylic acids is 1. The van der Waals surface area contributed by atoms with E-state index in [-0.39, 0.29) is 11.9 Å². The van der Waals surface area contributed by atoms with E-state index in [1.807, 2.05) is 35.2 Å². The number of carbonyl (C=O) groups is 1. The summed E-state index contributed by atoms with van der Waals surface area (Å²) in [6, 6.07) is 19.8. The maximum atomic E-state index is 13.2. The minimum atomic E-state index is -0.112. The van der Waals surface area contributed by atoms with Crippen LogP contribution >= 0.6 is 0 Å². The van der Waals surface area contributed by atoms with E-state index in [0.29, 0.717) is 12.1 Å². The molecule has 3 aromatic rings. The van der Waals surface area contributed by atoms with E-state index in [0.717, 1.165) is 23.3 Å². The fourth-order valence-corrected chi connectivity index (χ4v) is 3.60. The molecule has 0 radical (unpaired) electrons. The molecule has 4 rings (SSSR count). The van der Waals surface area contributed by atoms with Crippen molar-refractivity contribution >= 4 is 5.91 Å². The molecule has 1 amide bonds. The molecule has 0 bridgehead atoms. The van der Waals surface area contributed by atoms with Gasteiger partial charge in [0.1, 0.15) is 5.75 Å². The third-order valence-corrected chi connectivity index (χ3v) is 4.86. The van der Waals surface area contributed by atoms with E-state index in [1.54, 1.807) is 25.6 Å². The Kier molecular flexibility index (Phi) is 4.40. The van der Waals surface area contributed by atoms with E-state index in [1.165, 1.54) is 5.56 Å². The van der Waals surface area contributed by atoms with Gasteiger partial charge in [0.25, 0.3) is 5.91 Å². The summed E-state index contributed by atoms with van der Waals surface area (Å²) >= 11 is 0. The van der Waals surface area contributed by atoms with Crippen LogP contribution in [0.1, 0.15) is 33.1 Å². The Bertz CT molecular complexity index is 910.